The normalized spacial score (nSPS) is 12.1. The first kappa shape index (κ1) is 13.2. The van der Waals surface area contributed by atoms with Gasteiger partial charge in [-0.25, -0.2) is 4.79 Å². The highest BCUT2D eigenvalue weighted by Crippen LogP contribution is 2.22. The van der Waals surface area contributed by atoms with E-state index in [9.17, 15) is 10.0 Å². The van der Waals surface area contributed by atoms with E-state index in [4.69, 9.17) is 10.2 Å². The maximum absolute atomic E-state index is 10.9. The molecule has 0 fully saturated rings. The van der Waals surface area contributed by atoms with Crippen LogP contribution in [0.2, 0.25) is 0 Å². The van der Waals surface area contributed by atoms with Gasteiger partial charge in [-0.1, -0.05) is 30.3 Å². The summed E-state index contributed by atoms with van der Waals surface area (Å²) in [4.78, 5) is 10.9. The molecule has 0 saturated heterocycles. The number of nitrogens with zero attached hydrogens (tertiary/aromatic N) is 1. The van der Waals surface area contributed by atoms with Crippen LogP contribution in [-0.2, 0) is 6.42 Å². The third-order valence-electron chi connectivity index (χ3n) is 2.91. The Morgan fingerprint density at radius 3 is 2.63 bits per heavy atom. The molecule has 100 valence electrons. The fourth-order valence-corrected chi connectivity index (χ4v) is 1.82. The van der Waals surface area contributed by atoms with Crippen LogP contribution in [0.4, 0.5) is 4.79 Å². The summed E-state index contributed by atoms with van der Waals surface area (Å²) >= 11 is 0. The fraction of sp³-hybridized carbons (Fsp3) is 0.214. The van der Waals surface area contributed by atoms with Crippen molar-refractivity contribution in [1.29, 1.82) is 0 Å². The molecule has 5 heteroatoms. The second kappa shape index (κ2) is 5.58. The van der Waals surface area contributed by atoms with Gasteiger partial charge >= 0.3 is 6.03 Å². The van der Waals surface area contributed by atoms with Crippen LogP contribution in [-0.4, -0.2) is 16.3 Å². The summed E-state index contributed by atoms with van der Waals surface area (Å²) in [6.07, 6.45) is 0.662. The molecule has 0 aliphatic heterocycles. The number of carbonyl (C=O) groups excluding carboxylic acids is 1. The van der Waals surface area contributed by atoms with Gasteiger partial charge < -0.3 is 10.2 Å². The second-order valence-electron chi connectivity index (χ2n) is 4.33. The Hall–Kier alpha value is -2.27. The summed E-state index contributed by atoms with van der Waals surface area (Å²) in [6, 6.07) is 11.9. The van der Waals surface area contributed by atoms with Crippen molar-refractivity contribution in [2.45, 2.75) is 19.4 Å². The highest BCUT2D eigenvalue weighted by atomic mass is 16.5. The Morgan fingerprint density at radius 1 is 1.32 bits per heavy atom. The largest absolute Gasteiger partial charge is 0.463 e. The predicted octanol–water partition coefficient (Wildman–Crippen LogP) is 2.70. The first-order valence-corrected chi connectivity index (χ1v) is 5.98. The van der Waals surface area contributed by atoms with Crippen molar-refractivity contribution >= 4 is 6.03 Å². The number of hydroxylamine groups is 2. The Bertz CT molecular complexity index is 551. The number of carbonyl (C=O) groups is 1. The average Bonchev–Trinajstić information content (AvgIpc) is 2.86. The van der Waals surface area contributed by atoms with Crippen molar-refractivity contribution in [2.24, 2.45) is 5.73 Å². The van der Waals surface area contributed by atoms with Crippen LogP contribution in [0, 0.1) is 0 Å². The summed E-state index contributed by atoms with van der Waals surface area (Å²) in [5, 5.41) is 9.90. The minimum atomic E-state index is -0.909. The number of benzene rings is 1. The maximum atomic E-state index is 10.9. The zero-order valence-corrected chi connectivity index (χ0v) is 10.6. The topological polar surface area (TPSA) is 79.7 Å². The smallest absolute Gasteiger partial charge is 0.339 e. The van der Waals surface area contributed by atoms with E-state index in [0.717, 1.165) is 11.3 Å². The molecule has 1 aromatic heterocycles. The van der Waals surface area contributed by atoms with Crippen LogP contribution in [0.25, 0.3) is 0 Å². The summed E-state index contributed by atoms with van der Waals surface area (Å²) in [7, 11) is 0. The lowest BCUT2D eigenvalue weighted by Crippen LogP contribution is -2.34. The molecular weight excluding hydrogens is 244 g/mol. The number of primary amides is 1. The third kappa shape index (κ3) is 3.14. The quantitative estimate of drug-likeness (QED) is 0.655. The van der Waals surface area contributed by atoms with Crippen LogP contribution in [0.1, 0.15) is 30.0 Å². The van der Waals surface area contributed by atoms with Gasteiger partial charge in [-0.3, -0.25) is 5.21 Å². The highest BCUT2D eigenvalue weighted by molar-refractivity contribution is 5.70. The van der Waals surface area contributed by atoms with Crippen LogP contribution < -0.4 is 5.73 Å². The lowest BCUT2D eigenvalue weighted by molar-refractivity contribution is -0.0763. The van der Waals surface area contributed by atoms with Crippen molar-refractivity contribution < 1.29 is 14.4 Å². The number of hydrogen-bond acceptors (Lipinski definition) is 3. The Kier molecular flexibility index (Phi) is 3.87. The van der Waals surface area contributed by atoms with Crippen LogP contribution in [0.3, 0.4) is 0 Å². The number of hydrogen-bond donors (Lipinski definition) is 2. The summed E-state index contributed by atoms with van der Waals surface area (Å²) < 4.78 is 5.61. The van der Waals surface area contributed by atoms with Crippen LogP contribution >= 0.6 is 0 Å². The predicted molar refractivity (Wildman–Crippen MR) is 69.6 cm³/mol. The molecule has 19 heavy (non-hydrogen) atoms. The number of furan rings is 1. The van der Waals surface area contributed by atoms with Gasteiger partial charge in [0.1, 0.15) is 17.6 Å². The molecule has 0 radical (unpaired) electrons. The molecule has 0 saturated carbocycles. The van der Waals surface area contributed by atoms with Gasteiger partial charge in [0.2, 0.25) is 0 Å². The minimum absolute atomic E-state index is 0.450. The van der Waals surface area contributed by atoms with E-state index in [-0.39, 0.29) is 0 Å². The number of urea groups is 1. The van der Waals surface area contributed by atoms with Gasteiger partial charge in [-0.2, -0.15) is 5.06 Å². The van der Waals surface area contributed by atoms with E-state index in [1.54, 1.807) is 13.0 Å². The van der Waals surface area contributed by atoms with E-state index in [0.29, 0.717) is 17.2 Å². The summed E-state index contributed by atoms with van der Waals surface area (Å²) in [5.41, 5.74) is 6.13. The van der Waals surface area contributed by atoms with E-state index in [1.807, 2.05) is 36.4 Å². The van der Waals surface area contributed by atoms with E-state index in [2.05, 4.69) is 0 Å². The molecule has 2 amide bonds. The van der Waals surface area contributed by atoms with Gasteiger partial charge in [0.05, 0.1) is 0 Å². The van der Waals surface area contributed by atoms with Gasteiger partial charge in [-0.15, -0.1) is 0 Å². The number of rotatable bonds is 4. The molecule has 1 atom stereocenters. The summed E-state index contributed by atoms with van der Waals surface area (Å²) in [5.74, 6) is 1.26. The van der Waals surface area contributed by atoms with Crippen molar-refractivity contribution in [3.8, 4) is 0 Å². The third-order valence-corrected chi connectivity index (χ3v) is 2.91. The summed E-state index contributed by atoms with van der Waals surface area (Å²) in [6.45, 7) is 1.63. The van der Waals surface area contributed by atoms with Gasteiger partial charge in [0, 0.05) is 6.42 Å². The number of amides is 2. The van der Waals surface area contributed by atoms with Gasteiger partial charge in [0.15, 0.2) is 0 Å². The molecule has 5 nitrogen and oxygen atoms in total. The molecule has 1 unspecified atom stereocenters. The highest BCUT2D eigenvalue weighted by Gasteiger charge is 2.20. The van der Waals surface area contributed by atoms with Crippen LogP contribution in [0.5, 0.6) is 0 Å². The zero-order valence-electron chi connectivity index (χ0n) is 10.6. The molecule has 0 aliphatic rings. The van der Waals surface area contributed by atoms with Gasteiger partial charge in [-0.05, 0) is 24.6 Å². The Labute approximate surface area is 111 Å². The monoisotopic (exact) mass is 260 g/mol. The van der Waals surface area contributed by atoms with E-state index < -0.39 is 12.1 Å². The first-order chi connectivity index (χ1) is 9.08. The second-order valence-corrected chi connectivity index (χ2v) is 4.33. The molecule has 3 N–H and O–H groups in total. The molecule has 2 rings (SSSR count). The minimum Gasteiger partial charge on any atom is -0.463 e. The number of nitrogens with two attached hydrogens (primary N) is 1. The van der Waals surface area contributed by atoms with Crippen LogP contribution in [0.15, 0.2) is 46.9 Å². The Balaban J connectivity index is 2.09. The van der Waals surface area contributed by atoms with Crippen molar-refractivity contribution in [3.63, 3.8) is 0 Å². The molecule has 1 aromatic carbocycles. The molecule has 1 heterocycles. The van der Waals surface area contributed by atoms with Crippen molar-refractivity contribution in [3.05, 3.63) is 59.5 Å². The molecule has 0 bridgehead atoms. The first-order valence-electron chi connectivity index (χ1n) is 5.98. The Morgan fingerprint density at radius 2 is 2.00 bits per heavy atom. The molecule has 0 spiro atoms. The average molecular weight is 260 g/mol. The molecule has 2 aromatic rings. The molecule has 0 aliphatic carbocycles. The van der Waals surface area contributed by atoms with E-state index >= 15 is 0 Å². The standard InChI is InChI=1S/C14H16N2O3/c1-10(16(18)14(15)17)13-8-7-12(19-13)9-11-5-3-2-4-6-11/h2-8,10,18H,9H2,1H3,(H2,15,17). The van der Waals surface area contributed by atoms with Gasteiger partial charge in [0.25, 0.3) is 0 Å². The van der Waals surface area contributed by atoms with E-state index in [1.165, 1.54) is 0 Å². The lowest BCUT2D eigenvalue weighted by Gasteiger charge is -2.18. The van der Waals surface area contributed by atoms with Crippen molar-refractivity contribution in [1.82, 2.24) is 5.06 Å². The molecular formula is C14H16N2O3. The fourth-order valence-electron chi connectivity index (χ4n) is 1.82. The lowest BCUT2D eigenvalue weighted by atomic mass is 10.1. The SMILES string of the molecule is CC(c1ccc(Cc2ccccc2)o1)N(O)C(N)=O. The van der Waals surface area contributed by atoms with Crippen molar-refractivity contribution in [2.75, 3.05) is 0 Å². The maximum Gasteiger partial charge on any atom is 0.339 e. The zero-order chi connectivity index (χ0) is 13.8.